The molecule has 0 spiro atoms. The number of aryl methyl sites for hydroxylation is 1. The molecule has 0 aliphatic heterocycles. The van der Waals surface area contributed by atoms with E-state index >= 15 is 0 Å². The molecule has 0 aliphatic carbocycles. The summed E-state index contributed by atoms with van der Waals surface area (Å²) >= 11 is 11.9. The molecular formula is C14H11Cl2N3O2. The third kappa shape index (κ3) is 2.39. The van der Waals surface area contributed by atoms with Crippen molar-refractivity contribution < 1.29 is 9.90 Å². The second-order valence-electron chi connectivity index (χ2n) is 4.73. The van der Waals surface area contributed by atoms with Gasteiger partial charge in [-0.2, -0.15) is 0 Å². The molecule has 2 heterocycles. The number of benzene rings is 1. The van der Waals surface area contributed by atoms with Crippen molar-refractivity contribution in [1.82, 2.24) is 14.1 Å². The Kier molecular flexibility index (Phi) is 3.39. The first-order valence-electron chi connectivity index (χ1n) is 6.15. The number of carbonyl (C=O) groups is 1. The molecule has 5 nitrogen and oxygen atoms in total. The monoisotopic (exact) mass is 323 g/mol. The van der Waals surface area contributed by atoms with E-state index in [0.717, 1.165) is 11.1 Å². The molecule has 0 aliphatic rings. The van der Waals surface area contributed by atoms with Crippen LogP contribution in [0.2, 0.25) is 10.0 Å². The van der Waals surface area contributed by atoms with Crippen molar-refractivity contribution in [3.8, 4) is 0 Å². The van der Waals surface area contributed by atoms with Crippen molar-refractivity contribution in [2.24, 2.45) is 7.05 Å². The van der Waals surface area contributed by atoms with Crippen LogP contribution in [-0.2, 0) is 13.6 Å². The molecule has 3 rings (SSSR count). The minimum Gasteiger partial charge on any atom is -0.477 e. The molecule has 3 aromatic rings. The maximum atomic E-state index is 11.4. The fraction of sp³-hybridized carbons (Fsp3) is 0.143. The number of halogens is 2. The summed E-state index contributed by atoms with van der Waals surface area (Å²) in [5.41, 5.74) is 2.44. The SMILES string of the molecule is Cn1cnc2c1cc(C(=O)O)n2Cc1ccc(Cl)c(Cl)c1. The molecule has 0 unspecified atom stereocenters. The van der Waals surface area contributed by atoms with Gasteiger partial charge in [-0.3, -0.25) is 0 Å². The predicted octanol–water partition coefficient (Wildman–Crippen LogP) is 3.43. The van der Waals surface area contributed by atoms with Crippen LogP contribution in [0.15, 0.2) is 30.6 Å². The number of carboxylic acid groups (broad SMARTS) is 1. The average molecular weight is 324 g/mol. The molecular weight excluding hydrogens is 313 g/mol. The molecule has 0 radical (unpaired) electrons. The summed E-state index contributed by atoms with van der Waals surface area (Å²) < 4.78 is 3.43. The molecule has 0 saturated heterocycles. The second kappa shape index (κ2) is 5.09. The molecule has 0 atom stereocenters. The Balaban J connectivity index is 2.12. The number of rotatable bonds is 3. The highest BCUT2D eigenvalue weighted by atomic mass is 35.5. The Hall–Kier alpha value is -1.98. The number of aromatic carboxylic acids is 1. The lowest BCUT2D eigenvalue weighted by Gasteiger charge is -2.08. The van der Waals surface area contributed by atoms with Crippen LogP contribution in [0.5, 0.6) is 0 Å². The number of imidazole rings is 1. The highest BCUT2D eigenvalue weighted by molar-refractivity contribution is 6.42. The molecule has 108 valence electrons. The van der Waals surface area contributed by atoms with Gasteiger partial charge in [0, 0.05) is 13.6 Å². The van der Waals surface area contributed by atoms with Gasteiger partial charge in [0.15, 0.2) is 5.65 Å². The van der Waals surface area contributed by atoms with Crippen molar-refractivity contribution in [2.75, 3.05) is 0 Å². The van der Waals surface area contributed by atoms with E-state index in [-0.39, 0.29) is 5.69 Å². The maximum Gasteiger partial charge on any atom is 0.352 e. The lowest BCUT2D eigenvalue weighted by molar-refractivity contribution is 0.0686. The molecule has 0 saturated carbocycles. The average Bonchev–Trinajstić information content (AvgIpc) is 2.96. The van der Waals surface area contributed by atoms with Crippen LogP contribution >= 0.6 is 23.2 Å². The lowest BCUT2D eigenvalue weighted by Crippen LogP contribution is -2.09. The number of fused-ring (bicyclic) bond motifs is 1. The highest BCUT2D eigenvalue weighted by Crippen LogP contribution is 2.25. The van der Waals surface area contributed by atoms with E-state index in [0.29, 0.717) is 22.2 Å². The Morgan fingerprint density at radius 1 is 1.29 bits per heavy atom. The minimum absolute atomic E-state index is 0.190. The standard InChI is InChI=1S/C14H11Cl2N3O2/c1-18-7-17-13-11(18)5-12(14(20)21)19(13)6-8-2-3-9(15)10(16)4-8/h2-5,7H,6H2,1H3,(H,20,21). The summed E-state index contributed by atoms with van der Waals surface area (Å²) in [6, 6.07) is 6.85. The van der Waals surface area contributed by atoms with E-state index < -0.39 is 5.97 Å². The highest BCUT2D eigenvalue weighted by Gasteiger charge is 2.18. The Morgan fingerprint density at radius 3 is 2.71 bits per heavy atom. The summed E-state index contributed by atoms with van der Waals surface area (Å²) in [4.78, 5) is 15.7. The number of hydrogen-bond acceptors (Lipinski definition) is 2. The van der Waals surface area contributed by atoms with Crippen LogP contribution in [0.1, 0.15) is 16.1 Å². The summed E-state index contributed by atoms with van der Waals surface area (Å²) in [6.07, 6.45) is 1.65. The molecule has 2 aromatic heterocycles. The number of aromatic nitrogens is 3. The van der Waals surface area contributed by atoms with Gasteiger partial charge in [0.25, 0.3) is 0 Å². The molecule has 0 amide bonds. The first-order valence-corrected chi connectivity index (χ1v) is 6.90. The summed E-state index contributed by atoms with van der Waals surface area (Å²) in [5.74, 6) is -0.993. The van der Waals surface area contributed by atoms with Crippen molar-refractivity contribution in [3.05, 3.63) is 51.9 Å². The Bertz CT molecular complexity index is 851. The van der Waals surface area contributed by atoms with Gasteiger partial charge in [-0.25, -0.2) is 9.78 Å². The third-order valence-electron chi connectivity index (χ3n) is 3.33. The fourth-order valence-corrected chi connectivity index (χ4v) is 2.60. The van der Waals surface area contributed by atoms with Gasteiger partial charge < -0.3 is 14.2 Å². The Morgan fingerprint density at radius 2 is 2.05 bits per heavy atom. The van der Waals surface area contributed by atoms with E-state index in [1.54, 1.807) is 33.7 Å². The molecule has 0 fully saturated rings. The van der Waals surface area contributed by atoms with Gasteiger partial charge in [-0.15, -0.1) is 0 Å². The molecule has 1 N–H and O–H groups in total. The van der Waals surface area contributed by atoms with Gasteiger partial charge in [-0.1, -0.05) is 29.3 Å². The summed E-state index contributed by atoms with van der Waals surface area (Å²) in [7, 11) is 1.82. The van der Waals surface area contributed by atoms with Crippen LogP contribution < -0.4 is 0 Å². The number of carboxylic acids is 1. The maximum absolute atomic E-state index is 11.4. The number of hydrogen-bond donors (Lipinski definition) is 1. The third-order valence-corrected chi connectivity index (χ3v) is 4.07. The molecule has 7 heteroatoms. The van der Waals surface area contributed by atoms with Gasteiger partial charge in [-0.05, 0) is 23.8 Å². The lowest BCUT2D eigenvalue weighted by atomic mass is 10.2. The van der Waals surface area contributed by atoms with Gasteiger partial charge in [0.1, 0.15) is 5.69 Å². The predicted molar refractivity (Wildman–Crippen MR) is 81.2 cm³/mol. The van der Waals surface area contributed by atoms with Gasteiger partial charge in [0.2, 0.25) is 0 Å². The zero-order chi connectivity index (χ0) is 15.1. The zero-order valence-electron chi connectivity index (χ0n) is 11.0. The first-order chi connectivity index (χ1) is 9.97. The fourth-order valence-electron chi connectivity index (χ4n) is 2.28. The normalized spacial score (nSPS) is 11.2. The van der Waals surface area contributed by atoms with Crippen molar-refractivity contribution >= 4 is 40.3 Å². The van der Waals surface area contributed by atoms with Crippen molar-refractivity contribution in [2.45, 2.75) is 6.54 Å². The second-order valence-corrected chi connectivity index (χ2v) is 5.55. The van der Waals surface area contributed by atoms with Crippen LogP contribution in [0.25, 0.3) is 11.2 Å². The largest absolute Gasteiger partial charge is 0.477 e. The van der Waals surface area contributed by atoms with Crippen LogP contribution in [0, 0.1) is 0 Å². The van der Waals surface area contributed by atoms with E-state index in [4.69, 9.17) is 23.2 Å². The van der Waals surface area contributed by atoms with E-state index in [1.165, 1.54) is 0 Å². The minimum atomic E-state index is -0.993. The first kappa shape index (κ1) is 14.0. The summed E-state index contributed by atoms with van der Waals surface area (Å²) in [6.45, 7) is 0.360. The molecule has 21 heavy (non-hydrogen) atoms. The van der Waals surface area contributed by atoms with E-state index in [1.807, 2.05) is 13.1 Å². The number of nitrogens with zero attached hydrogens (tertiary/aromatic N) is 3. The quantitative estimate of drug-likeness (QED) is 0.803. The van der Waals surface area contributed by atoms with Crippen LogP contribution in [0.4, 0.5) is 0 Å². The van der Waals surface area contributed by atoms with Crippen LogP contribution in [-0.4, -0.2) is 25.2 Å². The molecule has 0 bridgehead atoms. The van der Waals surface area contributed by atoms with E-state index in [2.05, 4.69) is 4.98 Å². The van der Waals surface area contributed by atoms with Crippen LogP contribution in [0.3, 0.4) is 0 Å². The smallest absolute Gasteiger partial charge is 0.352 e. The molecule has 1 aromatic carbocycles. The Labute approximate surface area is 130 Å². The van der Waals surface area contributed by atoms with E-state index in [9.17, 15) is 9.90 Å². The van der Waals surface area contributed by atoms with Crippen molar-refractivity contribution in [3.63, 3.8) is 0 Å². The van der Waals surface area contributed by atoms with Gasteiger partial charge in [0.05, 0.1) is 21.9 Å². The van der Waals surface area contributed by atoms with Crippen molar-refractivity contribution in [1.29, 1.82) is 0 Å². The zero-order valence-corrected chi connectivity index (χ0v) is 12.6. The summed E-state index contributed by atoms with van der Waals surface area (Å²) in [5, 5.41) is 10.3. The van der Waals surface area contributed by atoms with Gasteiger partial charge >= 0.3 is 5.97 Å². The topological polar surface area (TPSA) is 60.1 Å².